The Morgan fingerprint density at radius 1 is 1.21 bits per heavy atom. The minimum absolute atomic E-state index is 0.00112. The lowest BCUT2D eigenvalue weighted by Gasteiger charge is -2.32. The highest BCUT2D eigenvalue weighted by Crippen LogP contribution is 2.31. The van der Waals surface area contributed by atoms with Crippen molar-refractivity contribution in [3.05, 3.63) is 69.7 Å². The lowest BCUT2D eigenvalue weighted by atomic mass is 9.89. The van der Waals surface area contributed by atoms with Gasteiger partial charge in [0.15, 0.2) is 0 Å². The molecule has 3 aromatic heterocycles. The number of nitrogens with zero attached hydrogens (tertiary/aromatic N) is 5. The summed E-state index contributed by atoms with van der Waals surface area (Å²) in [5.74, 6) is 0.137. The number of carbonyl (C=O) groups excluding carboxylic acids is 2. The fraction of sp³-hybridized carbons (Fsp3) is 0.417. The van der Waals surface area contributed by atoms with Crippen LogP contribution in [0, 0.1) is 6.92 Å². The van der Waals surface area contributed by atoms with Crippen LogP contribution in [0.1, 0.15) is 81.2 Å². The molecule has 1 aliphatic heterocycles. The molecule has 4 heterocycles. The van der Waals surface area contributed by atoms with Gasteiger partial charge in [0.25, 0.3) is 11.8 Å². The zero-order chi connectivity index (χ0) is 23.4. The number of aryl methyl sites for hydroxylation is 1. The van der Waals surface area contributed by atoms with Crippen LogP contribution in [0.2, 0.25) is 0 Å². The normalized spacial score (nSPS) is 14.5. The second kappa shape index (κ2) is 10.2. The van der Waals surface area contributed by atoms with Gasteiger partial charge in [-0.1, -0.05) is 24.4 Å². The van der Waals surface area contributed by atoms with Crippen molar-refractivity contribution in [3.8, 4) is 0 Å². The molecule has 1 saturated heterocycles. The predicted octanol–water partition coefficient (Wildman–Crippen LogP) is 3.71. The van der Waals surface area contributed by atoms with Crippen LogP contribution in [0.15, 0.2) is 36.7 Å². The van der Waals surface area contributed by atoms with Gasteiger partial charge >= 0.3 is 0 Å². The zero-order valence-corrected chi connectivity index (χ0v) is 19.9. The van der Waals surface area contributed by atoms with Crippen molar-refractivity contribution >= 4 is 23.3 Å². The van der Waals surface area contributed by atoms with Crippen LogP contribution in [0.5, 0.6) is 0 Å². The molecule has 0 bridgehead atoms. The van der Waals surface area contributed by atoms with Crippen LogP contribution in [-0.4, -0.2) is 49.4 Å². The molecule has 0 unspecified atom stereocenters. The molecule has 8 nitrogen and oxygen atoms in total. The first-order valence-corrected chi connectivity index (χ1v) is 12.0. The van der Waals surface area contributed by atoms with Crippen LogP contribution < -0.4 is 5.32 Å². The van der Waals surface area contributed by atoms with Gasteiger partial charge in [-0.2, -0.15) is 0 Å². The summed E-state index contributed by atoms with van der Waals surface area (Å²) in [4.78, 5) is 37.4. The molecule has 33 heavy (non-hydrogen) atoms. The summed E-state index contributed by atoms with van der Waals surface area (Å²) in [5.41, 5.74) is 4.00. The Labute approximate surface area is 197 Å². The number of hydrogen-bond donors (Lipinski definition) is 1. The Kier molecular flexibility index (Phi) is 7.08. The number of carbonyl (C=O) groups is 2. The highest BCUT2D eigenvalue weighted by molar-refractivity contribution is 7.08. The molecular weight excluding hydrogens is 436 g/mol. The van der Waals surface area contributed by atoms with Gasteiger partial charge in [-0.15, -0.1) is 5.10 Å². The highest BCUT2D eigenvalue weighted by Gasteiger charge is 2.30. The minimum atomic E-state index is -0.142. The second-order valence-corrected chi connectivity index (χ2v) is 9.39. The van der Waals surface area contributed by atoms with E-state index in [1.807, 2.05) is 49.9 Å². The van der Waals surface area contributed by atoms with E-state index in [-0.39, 0.29) is 23.7 Å². The van der Waals surface area contributed by atoms with E-state index in [0.29, 0.717) is 30.1 Å². The Morgan fingerprint density at radius 3 is 2.70 bits per heavy atom. The first-order valence-electron chi connectivity index (χ1n) is 11.2. The number of hydrogen-bond acceptors (Lipinski definition) is 7. The number of amides is 2. The Bertz CT molecular complexity index is 1120. The van der Waals surface area contributed by atoms with Crippen LogP contribution in [0.4, 0.5) is 0 Å². The number of pyridine rings is 2. The lowest BCUT2D eigenvalue weighted by Crippen LogP contribution is -2.38. The minimum Gasteiger partial charge on any atom is -0.348 e. The van der Waals surface area contributed by atoms with Gasteiger partial charge in [-0.05, 0) is 61.0 Å². The molecule has 9 heteroatoms. The predicted molar refractivity (Wildman–Crippen MR) is 126 cm³/mol. The van der Waals surface area contributed by atoms with Gasteiger partial charge in [0.1, 0.15) is 4.88 Å². The third-order valence-corrected chi connectivity index (χ3v) is 6.64. The standard InChI is InChI=1S/C24H28N6O2S/c1-15(2)20-22(33-29-28-20)24(32)30-11-8-18(9-12-30)21-19(7-6-16(3)27-21)23(31)26-14-17-5-4-10-25-13-17/h4-7,10,13,15,18H,8-9,11-12,14H2,1-3H3,(H,26,31). The van der Waals surface area contributed by atoms with Gasteiger partial charge in [-0.25, -0.2) is 0 Å². The topological polar surface area (TPSA) is 101 Å². The number of piperidine rings is 1. The fourth-order valence-electron chi connectivity index (χ4n) is 4.08. The van der Waals surface area contributed by atoms with Gasteiger partial charge < -0.3 is 10.2 Å². The number of aromatic nitrogens is 4. The van der Waals surface area contributed by atoms with Crippen molar-refractivity contribution in [2.24, 2.45) is 0 Å². The Balaban J connectivity index is 1.44. The summed E-state index contributed by atoms with van der Waals surface area (Å²) in [6.45, 7) is 7.61. The Hall–Kier alpha value is -3.20. The molecule has 0 saturated carbocycles. The van der Waals surface area contributed by atoms with E-state index >= 15 is 0 Å². The molecule has 2 amide bonds. The van der Waals surface area contributed by atoms with Gasteiger partial charge in [0.05, 0.1) is 17.0 Å². The summed E-state index contributed by atoms with van der Waals surface area (Å²) in [7, 11) is 0. The van der Waals surface area contributed by atoms with Gasteiger partial charge in [-0.3, -0.25) is 19.6 Å². The average molecular weight is 465 g/mol. The van der Waals surface area contributed by atoms with Crippen LogP contribution in [0.25, 0.3) is 0 Å². The molecule has 0 radical (unpaired) electrons. The number of likely N-dealkylation sites (tertiary alicyclic amines) is 1. The number of rotatable bonds is 6. The maximum atomic E-state index is 13.0. The quantitative estimate of drug-likeness (QED) is 0.597. The third kappa shape index (κ3) is 5.24. The maximum absolute atomic E-state index is 13.0. The lowest BCUT2D eigenvalue weighted by molar-refractivity contribution is 0.0713. The van der Waals surface area contributed by atoms with E-state index in [1.54, 1.807) is 12.4 Å². The zero-order valence-electron chi connectivity index (χ0n) is 19.1. The van der Waals surface area contributed by atoms with Crippen molar-refractivity contribution in [1.29, 1.82) is 0 Å². The smallest absolute Gasteiger partial charge is 0.267 e. The molecule has 0 atom stereocenters. The molecule has 0 aromatic carbocycles. The first kappa shape index (κ1) is 23.0. The van der Waals surface area contributed by atoms with Crippen molar-refractivity contribution in [2.75, 3.05) is 13.1 Å². The van der Waals surface area contributed by atoms with Crippen LogP contribution in [0.3, 0.4) is 0 Å². The summed E-state index contributed by atoms with van der Waals surface area (Å²) >= 11 is 1.17. The summed E-state index contributed by atoms with van der Waals surface area (Å²) in [5, 5.41) is 7.12. The molecule has 1 N–H and O–H groups in total. The summed E-state index contributed by atoms with van der Waals surface area (Å²) in [6.07, 6.45) is 4.97. The van der Waals surface area contributed by atoms with E-state index < -0.39 is 0 Å². The van der Waals surface area contributed by atoms with Crippen molar-refractivity contribution in [1.82, 2.24) is 29.8 Å². The molecule has 1 aliphatic rings. The fourth-order valence-corrected chi connectivity index (χ4v) is 4.87. The monoisotopic (exact) mass is 464 g/mol. The van der Waals surface area contributed by atoms with E-state index in [2.05, 4.69) is 19.9 Å². The molecule has 1 fully saturated rings. The van der Waals surface area contributed by atoms with E-state index in [4.69, 9.17) is 4.98 Å². The highest BCUT2D eigenvalue weighted by atomic mass is 32.1. The van der Waals surface area contributed by atoms with Crippen LogP contribution >= 0.6 is 11.5 Å². The van der Waals surface area contributed by atoms with Crippen LogP contribution in [-0.2, 0) is 6.54 Å². The van der Waals surface area contributed by atoms with Crippen molar-refractivity contribution in [3.63, 3.8) is 0 Å². The third-order valence-electron chi connectivity index (χ3n) is 5.91. The SMILES string of the molecule is Cc1ccc(C(=O)NCc2cccnc2)c(C2CCN(C(=O)c3snnc3C(C)C)CC2)n1. The van der Waals surface area contributed by atoms with E-state index in [0.717, 1.165) is 35.5 Å². The van der Waals surface area contributed by atoms with Crippen molar-refractivity contribution < 1.29 is 9.59 Å². The second-order valence-electron chi connectivity index (χ2n) is 8.64. The maximum Gasteiger partial charge on any atom is 0.267 e. The summed E-state index contributed by atoms with van der Waals surface area (Å²) in [6, 6.07) is 7.50. The number of nitrogens with one attached hydrogen (secondary N) is 1. The molecule has 0 aliphatic carbocycles. The molecular formula is C24H28N6O2S. The van der Waals surface area contributed by atoms with Gasteiger partial charge in [0, 0.05) is 43.6 Å². The Morgan fingerprint density at radius 2 is 2.00 bits per heavy atom. The molecule has 0 spiro atoms. The molecule has 4 rings (SSSR count). The molecule has 3 aromatic rings. The molecule has 172 valence electrons. The van der Waals surface area contributed by atoms with E-state index in [9.17, 15) is 9.59 Å². The van der Waals surface area contributed by atoms with Crippen molar-refractivity contribution in [2.45, 2.75) is 52.0 Å². The van der Waals surface area contributed by atoms with E-state index in [1.165, 1.54) is 11.5 Å². The van der Waals surface area contributed by atoms with Gasteiger partial charge in [0.2, 0.25) is 0 Å². The first-order chi connectivity index (χ1) is 15.9. The average Bonchev–Trinajstić information content (AvgIpc) is 3.33. The largest absolute Gasteiger partial charge is 0.348 e. The summed E-state index contributed by atoms with van der Waals surface area (Å²) < 4.78 is 3.99.